The highest BCUT2D eigenvalue weighted by Crippen LogP contribution is 2.23. The Labute approximate surface area is 143 Å². The van der Waals surface area contributed by atoms with E-state index in [1.54, 1.807) is 11.8 Å². The number of hydrogen-bond acceptors (Lipinski definition) is 3. The van der Waals surface area contributed by atoms with Crippen LogP contribution < -0.4 is 5.32 Å². The van der Waals surface area contributed by atoms with Crippen LogP contribution in [0.25, 0.3) is 10.8 Å². The molecule has 3 nitrogen and oxygen atoms in total. The Morgan fingerprint density at radius 2 is 1.83 bits per heavy atom. The fraction of sp³-hybridized carbons (Fsp3) is 0.421. The summed E-state index contributed by atoms with van der Waals surface area (Å²) in [5.74, 6) is 0.547. The number of rotatable bonds is 7. The van der Waals surface area contributed by atoms with Gasteiger partial charge in [0.1, 0.15) is 0 Å². The third-order valence-corrected chi connectivity index (χ3v) is 4.59. The van der Waals surface area contributed by atoms with Gasteiger partial charge in [-0.2, -0.15) is 0 Å². The number of nitrogens with one attached hydrogen (secondary N) is 1. The third-order valence-electron chi connectivity index (χ3n) is 3.60. The van der Waals surface area contributed by atoms with Gasteiger partial charge < -0.3 is 10.2 Å². The summed E-state index contributed by atoms with van der Waals surface area (Å²) in [7, 11) is 4.11. The van der Waals surface area contributed by atoms with Crippen LogP contribution in [-0.4, -0.2) is 43.7 Å². The second-order valence-corrected chi connectivity index (χ2v) is 8.03. The Bertz CT molecular complexity index is 667. The van der Waals surface area contributed by atoms with Gasteiger partial charge in [0.25, 0.3) is 0 Å². The van der Waals surface area contributed by atoms with E-state index in [4.69, 9.17) is 0 Å². The van der Waals surface area contributed by atoms with Crippen LogP contribution in [0.15, 0.2) is 47.4 Å². The summed E-state index contributed by atoms with van der Waals surface area (Å²) in [4.78, 5) is 15.3. The van der Waals surface area contributed by atoms with Gasteiger partial charge in [-0.3, -0.25) is 4.79 Å². The highest BCUT2D eigenvalue weighted by atomic mass is 32.2. The van der Waals surface area contributed by atoms with E-state index in [-0.39, 0.29) is 11.3 Å². The summed E-state index contributed by atoms with van der Waals surface area (Å²) in [6.45, 7) is 5.99. The van der Waals surface area contributed by atoms with Gasteiger partial charge >= 0.3 is 0 Å². The van der Waals surface area contributed by atoms with Crippen LogP contribution in [0.1, 0.15) is 13.8 Å². The van der Waals surface area contributed by atoms with Gasteiger partial charge in [-0.1, -0.05) is 44.2 Å². The zero-order valence-corrected chi connectivity index (χ0v) is 15.2. The quantitative estimate of drug-likeness (QED) is 0.787. The lowest BCUT2D eigenvalue weighted by molar-refractivity contribution is -0.119. The second-order valence-electron chi connectivity index (χ2n) is 6.98. The summed E-state index contributed by atoms with van der Waals surface area (Å²) in [6.07, 6.45) is 0. The number of carbonyl (C=O) groups excluding carboxylic acids is 1. The summed E-state index contributed by atoms with van der Waals surface area (Å²) in [6, 6.07) is 14.6. The Kier molecular flexibility index (Phi) is 6.08. The summed E-state index contributed by atoms with van der Waals surface area (Å²) in [5.41, 5.74) is 0.0762. The molecule has 2 rings (SSSR count). The molecule has 0 aromatic heterocycles. The van der Waals surface area contributed by atoms with Crippen LogP contribution in [0.5, 0.6) is 0 Å². The molecule has 0 aliphatic rings. The molecule has 0 atom stereocenters. The van der Waals surface area contributed by atoms with E-state index in [2.05, 4.69) is 68.5 Å². The third kappa shape index (κ3) is 5.88. The van der Waals surface area contributed by atoms with Gasteiger partial charge in [0.15, 0.2) is 0 Å². The minimum Gasteiger partial charge on any atom is -0.355 e. The summed E-state index contributed by atoms with van der Waals surface area (Å²) < 4.78 is 0. The van der Waals surface area contributed by atoms with Crippen molar-refractivity contribution in [1.29, 1.82) is 0 Å². The molecule has 0 heterocycles. The van der Waals surface area contributed by atoms with Crippen molar-refractivity contribution in [2.45, 2.75) is 18.7 Å². The molecule has 0 aliphatic carbocycles. The van der Waals surface area contributed by atoms with Gasteiger partial charge in [0, 0.05) is 18.0 Å². The molecule has 0 saturated carbocycles. The average Bonchev–Trinajstić information content (AvgIpc) is 2.49. The molecule has 0 radical (unpaired) electrons. The van der Waals surface area contributed by atoms with E-state index < -0.39 is 0 Å². The molecule has 2 aromatic carbocycles. The second kappa shape index (κ2) is 7.84. The molecule has 23 heavy (non-hydrogen) atoms. The number of nitrogens with zero attached hydrogens (tertiary/aromatic N) is 1. The van der Waals surface area contributed by atoms with E-state index in [9.17, 15) is 4.79 Å². The van der Waals surface area contributed by atoms with Gasteiger partial charge in [-0.25, -0.2) is 0 Å². The predicted molar refractivity (Wildman–Crippen MR) is 100 cm³/mol. The maximum Gasteiger partial charge on any atom is 0.230 e. The topological polar surface area (TPSA) is 32.3 Å². The lowest BCUT2D eigenvalue weighted by Crippen LogP contribution is -2.40. The SMILES string of the molecule is CN(C)CC(C)(C)CNC(=O)CSc1ccc2ccccc2c1. The first kappa shape index (κ1) is 17.8. The zero-order chi connectivity index (χ0) is 16.9. The molecule has 0 unspecified atom stereocenters. The Morgan fingerprint density at radius 3 is 2.52 bits per heavy atom. The molecule has 0 fully saturated rings. The Morgan fingerprint density at radius 1 is 1.13 bits per heavy atom. The summed E-state index contributed by atoms with van der Waals surface area (Å²) >= 11 is 1.59. The van der Waals surface area contributed by atoms with Crippen molar-refractivity contribution in [3.63, 3.8) is 0 Å². The fourth-order valence-electron chi connectivity index (χ4n) is 2.71. The number of amides is 1. The van der Waals surface area contributed by atoms with Crippen molar-refractivity contribution >= 4 is 28.4 Å². The minimum atomic E-state index is 0.0762. The van der Waals surface area contributed by atoms with E-state index in [0.29, 0.717) is 12.3 Å². The maximum absolute atomic E-state index is 12.1. The monoisotopic (exact) mass is 330 g/mol. The number of fused-ring (bicyclic) bond motifs is 1. The molecule has 0 bridgehead atoms. The fourth-order valence-corrected chi connectivity index (χ4v) is 3.48. The molecule has 4 heteroatoms. The van der Waals surface area contributed by atoms with Gasteiger partial charge in [0.2, 0.25) is 5.91 Å². The normalized spacial score (nSPS) is 11.9. The Hall–Kier alpha value is -1.52. The standard InChI is InChI=1S/C19H26N2OS/c1-19(2,14-21(3)4)13-20-18(22)12-23-17-10-9-15-7-5-6-8-16(15)11-17/h5-11H,12-14H2,1-4H3,(H,20,22). The first-order valence-corrected chi connectivity index (χ1v) is 8.87. The maximum atomic E-state index is 12.1. The van der Waals surface area contributed by atoms with Gasteiger partial charge in [-0.15, -0.1) is 11.8 Å². The molecule has 1 N–H and O–H groups in total. The minimum absolute atomic E-state index is 0.0762. The largest absolute Gasteiger partial charge is 0.355 e. The lowest BCUT2D eigenvalue weighted by Gasteiger charge is -2.28. The van der Waals surface area contributed by atoms with Crippen LogP contribution in [-0.2, 0) is 4.79 Å². The van der Waals surface area contributed by atoms with Gasteiger partial charge in [0.05, 0.1) is 5.75 Å². The van der Waals surface area contributed by atoms with E-state index >= 15 is 0 Å². The highest BCUT2D eigenvalue weighted by molar-refractivity contribution is 8.00. The smallest absolute Gasteiger partial charge is 0.230 e. The van der Waals surface area contributed by atoms with Crippen molar-refractivity contribution in [2.75, 3.05) is 32.9 Å². The van der Waals surface area contributed by atoms with Crippen molar-refractivity contribution in [3.05, 3.63) is 42.5 Å². The number of hydrogen-bond donors (Lipinski definition) is 1. The van der Waals surface area contributed by atoms with Crippen molar-refractivity contribution in [3.8, 4) is 0 Å². The van der Waals surface area contributed by atoms with Crippen molar-refractivity contribution < 1.29 is 4.79 Å². The summed E-state index contributed by atoms with van der Waals surface area (Å²) in [5, 5.41) is 5.49. The molecular weight excluding hydrogens is 304 g/mol. The zero-order valence-electron chi connectivity index (χ0n) is 14.4. The number of thioether (sulfide) groups is 1. The number of carbonyl (C=O) groups is 1. The van der Waals surface area contributed by atoms with Gasteiger partial charge in [-0.05, 0) is 42.4 Å². The molecule has 0 saturated heterocycles. The number of benzene rings is 2. The first-order valence-electron chi connectivity index (χ1n) is 7.89. The molecular formula is C19H26N2OS. The molecule has 124 valence electrons. The molecule has 0 aliphatic heterocycles. The van der Waals surface area contributed by atoms with E-state index in [1.165, 1.54) is 10.8 Å². The predicted octanol–water partition coefficient (Wildman–Crippen LogP) is 3.64. The van der Waals surface area contributed by atoms with Crippen molar-refractivity contribution in [1.82, 2.24) is 10.2 Å². The molecule has 2 aromatic rings. The van der Waals surface area contributed by atoms with Crippen LogP contribution in [0.4, 0.5) is 0 Å². The van der Waals surface area contributed by atoms with Crippen molar-refractivity contribution in [2.24, 2.45) is 5.41 Å². The van der Waals surface area contributed by atoms with Crippen LogP contribution in [0.2, 0.25) is 0 Å². The molecule has 1 amide bonds. The van der Waals surface area contributed by atoms with E-state index in [0.717, 1.165) is 11.4 Å². The average molecular weight is 330 g/mol. The van der Waals surface area contributed by atoms with Crippen LogP contribution in [0.3, 0.4) is 0 Å². The Balaban J connectivity index is 1.83. The van der Waals surface area contributed by atoms with Crippen LogP contribution >= 0.6 is 11.8 Å². The first-order chi connectivity index (χ1) is 10.9. The van der Waals surface area contributed by atoms with Crippen LogP contribution in [0, 0.1) is 5.41 Å². The van der Waals surface area contributed by atoms with E-state index in [1.807, 2.05) is 12.1 Å². The highest BCUT2D eigenvalue weighted by Gasteiger charge is 2.19. The lowest BCUT2D eigenvalue weighted by atomic mass is 9.93. The molecule has 0 spiro atoms.